The van der Waals surface area contributed by atoms with Crippen LogP contribution in [0.4, 0.5) is 0 Å². The Morgan fingerprint density at radius 1 is 1.27 bits per heavy atom. The smallest absolute Gasteiger partial charge is 0.345 e. The van der Waals surface area contributed by atoms with Gasteiger partial charge < -0.3 is 18.8 Å². The monoisotopic (exact) mass is 385 g/mol. The molecule has 0 unspecified atom stereocenters. The van der Waals surface area contributed by atoms with Crippen molar-refractivity contribution in [3.05, 3.63) is 33.2 Å². The molecule has 1 aromatic heterocycles. The molecular formula is C16H19NO8S. The summed E-state index contributed by atoms with van der Waals surface area (Å²) in [6, 6.07) is 1.60. The second kappa shape index (κ2) is 5.62. The standard InChI is InChI=1S/C16H19NO8S/c1-3-15(25-26(2,20)21)11-8-12-16(23-6-7-24-16)4-5-17(12)13(18)10(11)9-22-14(15)19/h8H,3-7,9H2,1-2H3/t15-/m1/s1. The molecule has 0 amide bonds. The van der Waals surface area contributed by atoms with Crippen molar-refractivity contribution >= 4 is 16.1 Å². The number of esters is 1. The van der Waals surface area contributed by atoms with Gasteiger partial charge in [0.1, 0.15) is 6.61 Å². The highest BCUT2D eigenvalue weighted by Crippen LogP contribution is 2.44. The Balaban J connectivity index is 1.98. The third-order valence-corrected chi connectivity index (χ3v) is 5.70. The Hall–Kier alpha value is -1.75. The van der Waals surface area contributed by atoms with E-state index in [2.05, 4.69) is 0 Å². The number of cyclic esters (lactones) is 1. The maximum atomic E-state index is 13.0. The predicted octanol–water partition coefficient (Wildman–Crippen LogP) is 0.0899. The lowest BCUT2D eigenvalue weighted by atomic mass is 9.85. The molecule has 4 rings (SSSR count). The maximum Gasteiger partial charge on any atom is 0.345 e. The number of ether oxygens (including phenoxy) is 3. The van der Waals surface area contributed by atoms with E-state index in [4.69, 9.17) is 18.4 Å². The average molecular weight is 385 g/mol. The summed E-state index contributed by atoms with van der Waals surface area (Å²) in [5.41, 5.74) is -1.34. The minimum Gasteiger partial charge on any atom is -0.458 e. The summed E-state index contributed by atoms with van der Waals surface area (Å²) in [5, 5.41) is 0. The molecule has 1 aromatic rings. The van der Waals surface area contributed by atoms with Crippen molar-refractivity contribution < 1.29 is 31.6 Å². The molecule has 0 aromatic carbocycles. The summed E-state index contributed by atoms with van der Waals surface area (Å²) in [7, 11) is -4.00. The number of rotatable bonds is 3. The van der Waals surface area contributed by atoms with Crippen LogP contribution in [0.1, 0.15) is 36.6 Å². The lowest BCUT2D eigenvalue weighted by molar-refractivity contribution is -0.169. The normalized spacial score (nSPS) is 26.6. The van der Waals surface area contributed by atoms with Crippen LogP contribution in [0.15, 0.2) is 10.9 Å². The number of carbonyl (C=O) groups excluding carboxylic acids is 1. The molecule has 9 nitrogen and oxygen atoms in total. The molecule has 0 radical (unpaired) electrons. The van der Waals surface area contributed by atoms with E-state index in [1.54, 1.807) is 13.0 Å². The van der Waals surface area contributed by atoms with Crippen LogP contribution >= 0.6 is 0 Å². The van der Waals surface area contributed by atoms with Crippen LogP contribution in [0.2, 0.25) is 0 Å². The van der Waals surface area contributed by atoms with Crippen molar-refractivity contribution in [3.63, 3.8) is 0 Å². The van der Waals surface area contributed by atoms with E-state index >= 15 is 0 Å². The zero-order valence-electron chi connectivity index (χ0n) is 14.4. The van der Waals surface area contributed by atoms with Crippen molar-refractivity contribution in [1.29, 1.82) is 0 Å². The molecule has 1 atom stereocenters. The first-order chi connectivity index (χ1) is 12.2. The van der Waals surface area contributed by atoms with Gasteiger partial charge in [0, 0.05) is 18.5 Å². The van der Waals surface area contributed by atoms with Crippen molar-refractivity contribution in [2.24, 2.45) is 0 Å². The molecule has 10 heteroatoms. The van der Waals surface area contributed by atoms with Gasteiger partial charge in [-0.2, -0.15) is 8.42 Å². The molecular weight excluding hydrogens is 366 g/mol. The first-order valence-corrected chi connectivity index (χ1v) is 10.2. The minimum absolute atomic E-state index is 0.0104. The molecule has 3 aliphatic heterocycles. The van der Waals surface area contributed by atoms with Gasteiger partial charge in [-0.25, -0.2) is 8.98 Å². The van der Waals surface area contributed by atoms with Crippen molar-refractivity contribution in [1.82, 2.24) is 4.57 Å². The number of aromatic nitrogens is 1. The number of carbonyl (C=O) groups is 1. The molecule has 4 heterocycles. The molecule has 26 heavy (non-hydrogen) atoms. The SMILES string of the molecule is CC[C@]1(OS(C)(=O)=O)C(=O)OCc2c1cc1n(c2=O)CCC12OCCO2. The quantitative estimate of drug-likeness (QED) is 0.532. The topological polar surface area (TPSA) is 110 Å². The van der Waals surface area contributed by atoms with E-state index in [0.29, 0.717) is 31.9 Å². The summed E-state index contributed by atoms with van der Waals surface area (Å²) in [5.74, 6) is -1.87. The Morgan fingerprint density at radius 2 is 1.96 bits per heavy atom. The third-order valence-electron chi connectivity index (χ3n) is 5.11. The zero-order valence-corrected chi connectivity index (χ0v) is 15.3. The minimum atomic E-state index is -4.00. The van der Waals surface area contributed by atoms with Gasteiger partial charge in [0.25, 0.3) is 15.7 Å². The van der Waals surface area contributed by atoms with Crippen molar-refractivity contribution in [3.8, 4) is 0 Å². The van der Waals surface area contributed by atoms with Crippen LogP contribution < -0.4 is 5.56 Å². The average Bonchev–Trinajstić information content (AvgIpc) is 3.19. The lowest BCUT2D eigenvalue weighted by Crippen LogP contribution is -2.47. The van der Waals surface area contributed by atoms with Gasteiger partial charge in [-0.3, -0.25) is 4.79 Å². The van der Waals surface area contributed by atoms with Crippen LogP contribution in [-0.4, -0.2) is 38.4 Å². The maximum absolute atomic E-state index is 13.0. The van der Waals surface area contributed by atoms with E-state index in [1.807, 2.05) is 0 Å². The second-order valence-corrected chi connectivity index (χ2v) is 8.20. The lowest BCUT2D eigenvalue weighted by Gasteiger charge is -2.35. The molecule has 0 aliphatic carbocycles. The van der Waals surface area contributed by atoms with Crippen LogP contribution in [0.25, 0.3) is 0 Å². The van der Waals surface area contributed by atoms with Crippen LogP contribution in [0.5, 0.6) is 0 Å². The highest BCUT2D eigenvalue weighted by Gasteiger charge is 2.53. The van der Waals surface area contributed by atoms with E-state index in [1.165, 1.54) is 4.57 Å². The van der Waals surface area contributed by atoms with Gasteiger partial charge in [0.15, 0.2) is 0 Å². The highest BCUT2D eigenvalue weighted by molar-refractivity contribution is 7.86. The van der Waals surface area contributed by atoms with Gasteiger partial charge in [-0.15, -0.1) is 0 Å². The fraction of sp³-hybridized carbons (Fsp3) is 0.625. The molecule has 1 fully saturated rings. The third kappa shape index (κ3) is 2.36. The summed E-state index contributed by atoms with van der Waals surface area (Å²) in [4.78, 5) is 25.5. The molecule has 1 spiro atoms. The van der Waals surface area contributed by atoms with E-state index in [-0.39, 0.29) is 29.7 Å². The van der Waals surface area contributed by atoms with Crippen LogP contribution in [0.3, 0.4) is 0 Å². The summed E-state index contributed by atoms with van der Waals surface area (Å²) in [6.45, 7) is 2.57. The highest BCUT2D eigenvalue weighted by atomic mass is 32.2. The van der Waals surface area contributed by atoms with E-state index < -0.39 is 27.5 Å². The molecule has 0 bridgehead atoms. The molecule has 142 valence electrons. The van der Waals surface area contributed by atoms with Gasteiger partial charge in [0.05, 0.1) is 30.7 Å². The number of fused-ring (bicyclic) bond motifs is 3. The largest absolute Gasteiger partial charge is 0.458 e. The van der Waals surface area contributed by atoms with Gasteiger partial charge >= 0.3 is 5.97 Å². The summed E-state index contributed by atoms with van der Waals surface area (Å²) < 4.78 is 47.0. The van der Waals surface area contributed by atoms with E-state index in [9.17, 15) is 18.0 Å². The molecule has 0 N–H and O–H groups in total. The Bertz CT molecular complexity index is 944. The summed E-state index contributed by atoms with van der Waals surface area (Å²) in [6.07, 6.45) is 1.31. The molecule has 1 saturated heterocycles. The number of nitrogens with zero attached hydrogens (tertiary/aromatic N) is 1. The van der Waals surface area contributed by atoms with Crippen LogP contribution in [-0.2, 0) is 57.8 Å². The van der Waals surface area contributed by atoms with Crippen molar-refractivity contribution in [2.75, 3.05) is 19.5 Å². The second-order valence-electron chi connectivity index (χ2n) is 6.62. The zero-order chi connectivity index (χ0) is 18.7. The summed E-state index contributed by atoms with van der Waals surface area (Å²) >= 11 is 0. The molecule has 0 saturated carbocycles. The van der Waals surface area contributed by atoms with Gasteiger partial charge in [-0.1, -0.05) is 6.92 Å². The number of pyridine rings is 1. The van der Waals surface area contributed by atoms with Crippen LogP contribution in [0, 0.1) is 0 Å². The van der Waals surface area contributed by atoms with Crippen molar-refractivity contribution in [2.45, 2.75) is 44.3 Å². The predicted molar refractivity (Wildman–Crippen MR) is 86.6 cm³/mol. The molecule has 3 aliphatic rings. The van der Waals surface area contributed by atoms with Gasteiger partial charge in [0.2, 0.25) is 11.4 Å². The number of hydrogen-bond donors (Lipinski definition) is 0. The fourth-order valence-electron chi connectivity index (χ4n) is 3.96. The first-order valence-electron chi connectivity index (χ1n) is 8.36. The first kappa shape index (κ1) is 17.7. The number of hydrogen-bond acceptors (Lipinski definition) is 8. The Labute approximate surface area is 149 Å². The Morgan fingerprint density at radius 3 is 2.58 bits per heavy atom. The van der Waals surface area contributed by atoms with Gasteiger partial charge in [-0.05, 0) is 12.5 Å². The fourth-order valence-corrected chi connectivity index (χ4v) is 4.75. The Kier molecular flexibility index (Phi) is 3.82. The van der Waals surface area contributed by atoms with E-state index in [0.717, 1.165) is 6.26 Å².